The first-order valence-corrected chi connectivity index (χ1v) is 16.1. The smallest absolute Gasteiger partial charge is 0.269 e. The number of anilines is 2. The number of nitro benzene ring substituents is 1. The molecule has 4 atom stereocenters. The van der Waals surface area contributed by atoms with E-state index in [1.165, 1.54) is 4.90 Å². The number of imide groups is 1. The van der Waals surface area contributed by atoms with Crippen LogP contribution in [0.1, 0.15) is 56.7 Å². The number of hydrogen-bond donors (Lipinski definition) is 1. The lowest BCUT2D eigenvalue weighted by Gasteiger charge is -2.44. The molecule has 3 aliphatic heterocycles. The molecule has 7 rings (SSSR count). The van der Waals surface area contributed by atoms with Crippen LogP contribution in [0, 0.1) is 16.0 Å². The van der Waals surface area contributed by atoms with Crippen molar-refractivity contribution in [1.82, 2.24) is 4.90 Å². The van der Waals surface area contributed by atoms with Gasteiger partial charge in [-0.3, -0.25) is 24.6 Å². The van der Waals surface area contributed by atoms with Crippen molar-refractivity contribution < 1.29 is 29.1 Å². The molecule has 0 spiro atoms. The summed E-state index contributed by atoms with van der Waals surface area (Å²) in [5, 5.41) is 20.6. The molecule has 3 heterocycles. The molecule has 0 aromatic heterocycles. The lowest BCUT2D eigenvalue weighted by molar-refractivity contribution is -0.384. The van der Waals surface area contributed by atoms with Crippen molar-refractivity contribution in [3.63, 3.8) is 0 Å². The van der Waals surface area contributed by atoms with Crippen molar-refractivity contribution in [1.29, 1.82) is 0 Å². The van der Waals surface area contributed by atoms with Gasteiger partial charge in [0.15, 0.2) is 6.29 Å². The summed E-state index contributed by atoms with van der Waals surface area (Å²) < 4.78 is 13.3. The van der Waals surface area contributed by atoms with Gasteiger partial charge >= 0.3 is 0 Å². The maximum absolute atomic E-state index is 13.1. The van der Waals surface area contributed by atoms with Crippen LogP contribution in [0.4, 0.5) is 17.1 Å². The zero-order valence-electron chi connectivity index (χ0n) is 26.5. The van der Waals surface area contributed by atoms with Crippen molar-refractivity contribution in [2.24, 2.45) is 5.92 Å². The van der Waals surface area contributed by atoms with Crippen molar-refractivity contribution in [2.45, 2.75) is 32.0 Å². The van der Waals surface area contributed by atoms with Gasteiger partial charge in [0.05, 0.1) is 40.6 Å². The molecule has 3 aliphatic rings. The van der Waals surface area contributed by atoms with Crippen LogP contribution in [-0.2, 0) is 16.1 Å². The SMILES string of the molecule is C[C@@H]1[C@H](CN2CCN(c3ccc([N+](=O)[O-])cc3)CC2)O[C@H](c2ccc(N3C(=O)c4ccccc4C3=O)cc2)O[C@@H]1c1ccc(CO)cc1. The Morgan fingerprint density at radius 3 is 1.94 bits per heavy atom. The quantitative estimate of drug-likeness (QED) is 0.150. The minimum Gasteiger partial charge on any atom is -0.392 e. The number of nitrogens with zero attached hydrogens (tertiary/aromatic N) is 4. The van der Waals surface area contributed by atoms with Crippen LogP contribution in [-0.4, -0.2) is 65.6 Å². The molecule has 48 heavy (non-hydrogen) atoms. The number of rotatable bonds is 8. The summed E-state index contributed by atoms with van der Waals surface area (Å²) in [5.74, 6) is -0.684. The molecule has 0 aliphatic carbocycles. The summed E-state index contributed by atoms with van der Waals surface area (Å²) in [6.07, 6.45) is -1.14. The highest BCUT2D eigenvalue weighted by Gasteiger charge is 2.40. The molecule has 1 N–H and O–H groups in total. The summed E-state index contributed by atoms with van der Waals surface area (Å²) in [5.41, 5.74) is 4.89. The lowest BCUT2D eigenvalue weighted by atomic mass is 9.90. The number of nitro groups is 1. The van der Waals surface area contributed by atoms with Crippen LogP contribution in [0.3, 0.4) is 0 Å². The van der Waals surface area contributed by atoms with Crippen molar-refractivity contribution in [3.05, 3.63) is 135 Å². The fraction of sp³-hybridized carbons (Fsp3) is 0.297. The number of carbonyl (C=O) groups excluding carboxylic acids is 2. The Balaban J connectivity index is 1.08. The number of benzene rings is 4. The summed E-state index contributed by atoms with van der Waals surface area (Å²) in [4.78, 5) is 42.6. The van der Waals surface area contributed by atoms with E-state index < -0.39 is 6.29 Å². The molecule has 11 heteroatoms. The number of aliphatic hydroxyl groups is 1. The average molecular weight is 649 g/mol. The molecule has 0 radical (unpaired) electrons. The zero-order valence-corrected chi connectivity index (χ0v) is 26.5. The molecular formula is C37H36N4O7. The Morgan fingerprint density at radius 1 is 0.771 bits per heavy atom. The monoisotopic (exact) mass is 648 g/mol. The second kappa shape index (κ2) is 13.3. The number of ether oxygens (including phenoxy) is 2. The maximum atomic E-state index is 13.1. The molecule has 4 aromatic carbocycles. The Hall–Kier alpha value is -4.94. The minimum absolute atomic E-state index is 0.00606. The zero-order chi connectivity index (χ0) is 33.4. The number of aliphatic hydroxyl groups excluding tert-OH is 1. The van der Waals surface area contributed by atoms with E-state index in [4.69, 9.17) is 9.47 Å². The Morgan fingerprint density at radius 2 is 1.35 bits per heavy atom. The van der Waals surface area contributed by atoms with E-state index in [2.05, 4.69) is 16.7 Å². The van der Waals surface area contributed by atoms with Gasteiger partial charge < -0.3 is 19.5 Å². The highest BCUT2D eigenvalue weighted by Crippen LogP contribution is 2.42. The molecule has 2 saturated heterocycles. The molecule has 2 amide bonds. The third-order valence-electron chi connectivity index (χ3n) is 9.58. The maximum Gasteiger partial charge on any atom is 0.269 e. The number of non-ortho nitro benzene ring substituents is 1. The van der Waals surface area contributed by atoms with E-state index in [0.717, 1.165) is 48.6 Å². The first-order valence-electron chi connectivity index (χ1n) is 16.1. The lowest BCUT2D eigenvalue weighted by Crippen LogP contribution is -2.51. The summed E-state index contributed by atoms with van der Waals surface area (Å²) in [6.45, 7) is 5.95. The van der Waals surface area contributed by atoms with Crippen LogP contribution >= 0.6 is 0 Å². The predicted molar refractivity (Wildman–Crippen MR) is 179 cm³/mol. The van der Waals surface area contributed by atoms with Crippen LogP contribution in [0.15, 0.2) is 97.1 Å². The first kappa shape index (κ1) is 31.6. The third kappa shape index (κ3) is 6.09. The first-order chi connectivity index (χ1) is 23.3. The van der Waals surface area contributed by atoms with E-state index in [1.807, 2.05) is 36.4 Å². The molecule has 246 valence electrons. The number of piperazine rings is 1. The van der Waals surface area contributed by atoms with Crippen LogP contribution < -0.4 is 9.80 Å². The molecule has 0 bridgehead atoms. The summed E-state index contributed by atoms with van der Waals surface area (Å²) in [7, 11) is 0. The summed E-state index contributed by atoms with van der Waals surface area (Å²) in [6, 6.07) is 28.5. The van der Waals surface area contributed by atoms with Gasteiger partial charge in [-0.25, -0.2) is 4.90 Å². The fourth-order valence-corrected chi connectivity index (χ4v) is 6.76. The van der Waals surface area contributed by atoms with Crippen molar-refractivity contribution in [3.8, 4) is 0 Å². The van der Waals surface area contributed by atoms with Gasteiger partial charge in [0.2, 0.25) is 0 Å². The second-order valence-electron chi connectivity index (χ2n) is 12.5. The topological polar surface area (TPSA) is 126 Å². The molecule has 2 fully saturated rings. The van der Waals surface area contributed by atoms with Crippen LogP contribution in [0.5, 0.6) is 0 Å². The van der Waals surface area contributed by atoms with Gasteiger partial charge in [0.25, 0.3) is 17.5 Å². The van der Waals surface area contributed by atoms with E-state index in [9.17, 15) is 24.8 Å². The van der Waals surface area contributed by atoms with Crippen LogP contribution in [0.25, 0.3) is 0 Å². The number of fused-ring (bicyclic) bond motifs is 1. The predicted octanol–water partition coefficient (Wildman–Crippen LogP) is 5.50. The van der Waals surface area contributed by atoms with Crippen molar-refractivity contribution >= 4 is 28.9 Å². The highest BCUT2D eigenvalue weighted by atomic mass is 16.7. The number of hydrogen-bond acceptors (Lipinski definition) is 9. The fourth-order valence-electron chi connectivity index (χ4n) is 6.76. The van der Waals surface area contributed by atoms with Crippen molar-refractivity contribution in [2.75, 3.05) is 42.5 Å². The average Bonchev–Trinajstić information content (AvgIpc) is 3.38. The van der Waals surface area contributed by atoms with Gasteiger partial charge in [-0.2, -0.15) is 0 Å². The number of amides is 2. The Kier molecular flexibility index (Phi) is 8.76. The molecular weight excluding hydrogens is 612 g/mol. The number of carbonyl (C=O) groups is 2. The van der Waals surface area contributed by atoms with E-state index >= 15 is 0 Å². The highest BCUT2D eigenvalue weighted by molar-refractivity contribution is 6.34. The third-order valence-corrected chi connectivity index (χ3v) is 9.58. The molecule has 0 saturated carbocycles. The van der Waals surface area contributed by atoms with Gasteiger partial charge in [-0.1, -0.05) is 55.5 Å². The van der Waals surface area contributed by atoms with E-state index in [1.54, 1.807) is 60.7 Å². The molecule has 4 aromatic rings. The van der Waals surface area contributed by atoms with Gasteiger partial charge in [0.1, 0.15) is 0 Å². The van der Waals surface area contributed by atoms with Gasteiger partial charge in [-0.15, -0.1) is 0 Å². The van der Waals surface area contributed by atoms with Gasteiger partial charge in [-0.05, 0) is 47.5 Å². The normalized spacial score (nSPS) is 23.0. The van der Waals surface area contributed by atoms with Crippen LogP contribution in [0.2, 0.25) is 0 Å². The summed E-state index contributed by atoms with van der Waals surface area (Å²) >= 11 is 0. The standard InChI is InChI=1S/C37H36N4O7/c1-24-33(22-38-18-20-39(21-19-38)28-14-16-30(17-15-28)41(45)46)47-37(48-34(24)26-8-6-25(23-42)7-9-26)27-10-12-29(13-11-27)40-35(43)31-4-2-3-5-32(31)36(40)44/h2-17,24,33-34,37,42H,18-23H2,1H3/t24-,33+,34+,37+/m1/s1. The largest absolute Gasteiger partial charge is 0.392 e. The Bertz CT molecular complexity index is 1770. The van der Waals surface area contributed by atoms with E-state index in [-0.39, 0.29) is 47.2 Å². The Labute approximate surface area is 278 Å². The van der Waals surface area contributed by atoms with E-state index in [0.29, 0.717) is 23.4 Å². The molecule has 0 unspecified atom stereocenters. The minimum atomic E-state index is -0.689. The van der Waals surface area contributed by atoms with Gasteiger partial charge in [0, 0.05) is 62.0 Å². The molecule has 11 nitrogen and oxygen atoms in total. The second-order valence-corrected chi connectivity index (χ2v) is 12.5.